The van der Waals surface area contributed by atoms with Crippen molar-refractivity contribution in [3.63, 3.8) is 0 Å². The minimum absolute atomic E-state index is 0.299. The number of para-hydroxylation sites is 2. The Morgan fingerprint density at radius 2 is 1.76 bits per heavy atom. The van der Waals surface area contributed by atoms with E-state index in [4.69, 9.17) is 16.3 Å². The van der Waals surface area contributed by atoms with Gasteiger partial charge >= 0.3 is 0 Å². The number of hydrogen-bond donors (Lipinski definition) is 1. The van der Waals surface area contributed by atoms with Gasteiger partial charge in [-0.3, -0.25) is 4.79 Å². The largest absolute Gasteiger partial charge is 0.495 e. The number of ether oxygens (including phenoxy) is 1. The van der Waals surface area contributed by atoms with Crippen molar-refractivity contribution < 1.29 is 9.53 Å². The number of anilines is 1. The highest BCUT2D eigenvalue weighted by atomic mass is 35.5. The first-order valence-electron chi connectivity index (χ1n) is 10.5. The Balaban J connectivity index is 1.63. The summed E-state index contributed by atoms with van der Waals surface area (Å²) in [7, 11) is 1.57. The Labute approximate surface area is 212 Å². The second-order valence-corrected chi connectivity index (χ2v) is 9.79. The van der Waals surface area contributed by atoms with Crippen molar-refractivity contribution >= 4 is 46.7 Å². The number of rotatable bonds is 8. The second-order valence-electron chi connectivity index (χ2n) is 7.29. The third kappa shape index (κ3) is 6.11. The Bertz CT molecular complexity index is 1300. The van der Waals surface area contributed by atoms with Gasteiger partial charge in [-0.1, -0.05) is 71.5 Å². The third-order valence-electron chi connectivity index (χ3n) is 4.96. The lowest BCUT2D eigenvalue weighted by Gasteiger charge is -2.13. The highest BCUT2D eigenvalue weighted by molar-refractivity contribution is 7.99. The molecule has 0 saturated carbocycles. The maximum atomic E-state index is 13.3. The van der Waals surface area contributed by atoms with E-state index in [9.17, 15) is 4.79 Å². The number of nitrogens with one attached hydrogen (secondary N) is 1. The number of carbonyl (C=O) groups is 1. The van der Waals surface area contributed by atoms with Crippen LogP contribution in [-0.4, -0.2) is 23.0 Å². The standard InChI is InChI=1S/C26H22ClN3O2S2/c1-17-7-3-4-8-18(17)16-33-26-28-15-23(34-20-13-11-19(27)12-14-20)24(30-26)25(31)29-21-9-5-6-10-22(21)32-2/h3-15H,16H2,1-2H3,(H,29,31). The zero-order valence-electron chi connectivity index (χ0n) is 18.6. The molecule has 8 heteroatoms. The van der Waals surface area contributed by atoms with Gasteiger partial charge in [0.2, 0.25) is 0 Å². The second kappa shape index (κ2) is 11.4. The molecule has 0 aliphatic carbocycles. The first kappa shape index (κ1) is 24.1. The number of amides is 1. The maximum absolute atomic E-state index is 13.3. The molecule has 1 heterocycles. The molecule has 1 aromatic heterocycles. The van der Waals surface area contributed by atoms with E-state index in [1.54, 1.807) is 25.4 Å². The van der Waals surface area contributed by atoms with Crippen LogP contribution in [0.4, 0.5) is 5.69 Å². The fourth-order valence-electron chi connectivity index (χ4n) is 3.13. The average molecular weight is 508 g/mol. The number of carbonyl (C=O) groups excluding carboxylic acids is 1. The molecular weight excluding hydrogens is 486 g/mol. The minimum atomic E-state index is -0.332. The maximum Gasteiger partial charge on any atom is 0.275 e. The summed E-state index contributed by atoms with van der Waals surface area (Å²) >= 11 is 8.93. The van der Waals surface area contributed by atoms with Gasteiger partial charge < -0.3 is 10.1 Å². The van der Waals surface area contributed by atoms with Crippen LogP contribution in [0.2, 0.25) is 5.02 Å². The molecule has 0 saturated heterocycles. The van der Waals surface area contributed by atoms with Gasteiger partial charge in [-0.05, 0) is 54.4 Å². The molecule has 0 radical (unpaired) electrons. The van der Waals surface area contributed by atoms with Crippen molar-refractivity contribution in [2.45, 2.75) is 27.6 Å². The number of methoxy groups -OCH3 is 1. The Kier molecular flexibility index (Phi) is 8.11. The Morgan fingerprint density at radius 3 is 2.53 bits per heavy atom. The first-order valence-corrected chi connectivity index (χ1v) is 12.6. The number of aromatic nitrogens is 2. The van der Waals surface area contributed by atoms with Gasteiger partial charge in [-0.15, -0.1) is 0 Å². The van der Waals surface area contributed by atoms with E-state index in [0.29, 0.717) is 38.0 Å². The predicted molar refractivity (Wildman–Crippen MR) is 139 cm³/mol. The van der Waals surface area contributed by atoms with Crippen LogP contribution in [0.3, 0.4) is 0 Å². The molecule has 0 fully saturated rings. The molecule has 0 aliphatic rings. The van der Waals surface area contributed by atoms with Gasteiger partial charge in [0.1, 0.15) is 11.4 Å². The minimum Gasteiger partial charge on any atom is -0.495 e. The fourth-order valence-corrected chi connectivity index (χ4v) is 5.02. The lowest BCUT2D eigenvalue weighted by molar-refractivity contribution is 0.101. The molecule has 1 N–H and O–H groups in total. The zero-order valence-corrected chi connectivity index (χ0v) is 21.0. The van der Waals surface area contributed by atoms with Crippen LogP contribution in [0.15, 0.2) is 93.9 Å². The highest BCUT2D eigenvalue weighted by Gasteiger charge is 2.18. The molecular formula is C26H22ClN3O2S2. The molecule has 0 atom stereocenters. The highest BCUT2D eigenvalue weighted by Crippen LogP contribution is 2.33. The summed E-state index contributed by atoms with van der Waals surface area (Å²) < 4.78 is 5.37. The van der Waals surface area contributed by atoms with Gasteiger partial charge in [0.25, 0.3) is 5.91 Å². The van der Waals surface area contributed by atoms with Crippen LogP contribution in [0, 0.1) is 6.92 Å². The monoisotopic (exact) mass is 507 g/mol. The Hall–Kier alpha value is -3.00. The topological polar surface area (TPSA) is 64.1 Å². The predicted octanol–water partition coefficient (Wildman–Crippen LogP) is 7.14. The number of hydrogen-bond acceptors (Lipinski definition) is 6. The summed E-state index contributed by atoms with van der Waals surface area (Å²) in [6.45, 7) is 2.08. The van der Waals surface area contributed by atoms with E-state index in [2.05, 4.69) is 34.3 Å². The molecule has 0 unspecified atom stereocenters. The van der Waals surface area contributed by atoms with E-state index in [0.717, 1.165) is 4.90 Å². The van der Waals surface area contributed by atoms with Crippen molar-refractivity contribution in [2.75, 3.05) is 12.4 Å². The number of aryl methyl sites for hydroxylation is 1. The summed E-state index contributed by atoms with van der Waals surface area (Å²) in [5.41, 5.74) is 3.29. The molecule has 0 aliphatic heterocycles. The zero-order chi connectivity index (χ0) is 23.9. The van der Waals surface area contributed by atoms with Gasteiger partial charge in [-0.25, -0.2) is 9.97 Å². The molecule has 34 heavy (non-hydrogen) atoms. The van der Waals surface area contributed by atoms with Crippen LogP contribution in [-0.2, 0) is 5.75 Å². The van der Waals surface area contributed by atoms with Crippen LogP contribution in [0.25, 0.3) is 0 Å². The first-order chi connectivity index (χ1) is 16.5. The molecule has 4 aromatic rings. The van der Waals surface area contributed by atoms with Crippen LogP contribution >= 0.6 is 35.1 Å². The molecule has 1 amide bonds. The summed E-state index contributed by atoms with van der Waals surface area (Å²) in [5, 5.41) is 4.11. The van der Waals surface area contributed by atoms with Crippen molar-refractivity contribution in [1.29, 1.82) is 0 Å². The number of nitrogens with zero attached hydrogens (tertiary/aromatic N) is 2. The van der Waals surface area contributed by atoms with Crippen LogP contribution in [0.1, 0.15) is 21.6 Å². The molecule has 5 nitrogen and oxygen atoms in total. The number of thioether (sulfide) groups is 1. The van der Waals surface area contributed by atoms with E-state index >= 15 is 0 Å². The number of halogens is 1. The molecule has 0 bridgehead atoms. The fraction of sp³-hybridized carbons (Fsp3) is 0.115. The van der Waals surface area contributed by atoms with Gasteiger partial charge in [0.15, 0.2) is 5.16 Å². The molecule has 4 rings (SSSR count). The SMILES string of the molecule is COc1ccccc1NC(=O)c1nc(SCc2ccccc2C)ncc1Sc1ccc(Cl)cc1. The Morgan fingerprint density at radius 1 is 1.03 bits per heavy atom. The van der Waals surface area contributed by atoms with E-state index < -0.39 is 0 Å². The third-order valence-corrected chi connectivity index (χ3v) is 7.15. The van der Waals surface area contributed by atoms with Crippen molar-refractivity contribution in [1.82, 2.24) is 9.97 Å². The van der Waals surface area contributed by atoms with E-state index in [-0.39, 0.29) is 5.91 Å². The van der Waals surface area contributed by atoms with E-state index in [1.807, 2.05) is 48.5 Å². The van der Waals surface area contributed by atoms with Gasteiger partial charge in [-0.2, -0.15) is 0 Å². The lowest BCUT2D eigenvalue weighted by atomic mass is 10.1. The summed E-state index contributed by atoms with van der Waals surface area (Å²) in [6, 6.07) is 22.9. The van der Waals surface area contributed by atoms with Crippen molar-refractivity contribution in [2.24, 2.45) is 0 Å². The summed E-state index contributed by atoms with van der Waals surface area (Å²) in [4.78, 5) is 24.1. The summed E-state index contributed by atoms with van der Waals surface area (Å²) in [5.74, 6) is 0.955. The average Bonchev–Trinajstić information content (AvgIpc) is 2.86. The van der Waals surface area contributed by atoms with E-state index in [1.165, 1.54) is 34.7 Å². The smallest absolute Gasteiger partial charge is 0.275 e. The molecule has 3 aromatic carbocycles. The van der Waals surface area contributed by atoms with Crippen molar-refractivity contribution in [3.05, 3.63) is 101 Å². The van der Waals surface area contributed by atoms with Gasteiger partial charge in [0, 0.05) is 21.9 Å². The molecule has 0 spiro atoms. The summed E-state index contributed by atoms with van der Waals surface area (Å²) in [6.07, 6.45) is 1.70. The molecule has 172 valence electrons. The van der Waals surface area contributed by atoms with Crippen LogP contribution < -0.4 is 10.1 Å². The quantitative estimate of drug-likeness (QED) is 0.202. The van der Waals surface area contributed by atoms with Crippen LogP contribution in [0.5, 0.6) is 5.75 Å². The lowest BCUT2D eigenvalue weighted by Crippen LogP contribution is -2.16. The van der Waals surface area contributed by atoms with Gasteiger partial charge in [0.05, 0.1) is 17.7 Å². The normalized spacial score (nSPS) is 10.7. The van der Waals surface area contributed by atoms with Crippen molar-refractivity contribution in [3.8, 4) is 5.75 Å². The number of benzene rings is 3.